The highest BCUT2D eigenvalue weighted by molar-refractivity contribution is 5.97. The lowest BCUT2D eigenvalue weighted by atomic mass is 9.88. The van der Waals surface area contributed by atoms with Gasteiger partial charge in [-0.15, -0.1) is 0 Å². The lowest BCUT2D eigenvalue weighted by Crippen LogP contribution is -2.51. The van der Waals surface area contributed by atoms with Crippen molar-refractivity contribution in [1.29, 1.82) is 0 Å². The summed E-state index contributed by atoms with van der Waals surface area (Å²) < 4.78 is 0. The van der Waals surface area contributed by atoms with Crippen molar-refractivity contribution in [1.82, 2.24) is 10.6 Å². The van der Waals surface area contributed by atoms with Crippen LogP contribution in [0.25, 0.3) is 0 Å². The molecule has 0 saturated carbocycles. The molecule has 3 aromatic carbocycles. The molecule has 1 aliphatic rings. The molecule has 0 aromatic heterocycles. The first-order chi connectivity index (χ1) is 14.7. The first-order valence-corrected chi connectivity index (χ1v) is 10.5. The van der Waals surface area contributed by atoms with Gasteiger partial charge < -0.3 is 10.6 Å². The molecule has 0 aliphatic heterocycles. The van der Waals surface area contributed by atoms with Crippen LogP contribution in [0.1, 0.15) is 33.5 Å². The van der Waals surface area contributed by atoms with Crippen LogP contribution in [0.5, 0.6) is 0 Å². The molecule has 3 aromatic rings. The molecule has 0 spiro atoms. The van der Waals surface area contributed by atoms with E-state index in [1.807, 2.05) is 54.6 Å². The van der Waals surface area contributed by atoms with E-state index in [0.717, 1.165) is 24.8 Å². The fraction of sp³-hybridized carbons (Fsp3) is 0.231. The summed E-state index contributed by atoms with van der Waals surface area (Å²) in [7, 11) is 0. The maximum absolute atomic E-state index is 13.2. The van der Waals surface area contributed by atoms with E-state index in [-0.39, 0.29) is 17.9 Å². The summed E-state index contributed by atoms with van der Waals surface area (Å²) in [6.07, 6.45) is 3.15. The number of carbonyl (C=O) groups excluding carboxylic acids is 2. The fourth-order valence-electron chi connectivity index (χ4n) is 4.01. The van der Waals surface area contributed by atoms with Crippen LogP contribution in [0, 0.1) is 0 Å². The fourth-order valence-corrected chi connectivity index (χ4v) is 4.01. The van der Waals surface area contributed by atoms with Crippen LogP contribution in [-0.2, 0) is 24.1 Å². The van der Waals surface area contributed by atoms with E-state index in [1.54, 1.807) is 12.1 Å². The first kappa shape index (κ1) is 19.9. The Balaban J connectivity index is 1.47. The van der Waals surface area contributed by atoms with E-state index in [2.05, 4.69) is 28.8 Å². The minimum atomic E-state index is -0.628. The van der Waals surface area contributed by atoms with Gasteiger partial charge in [-0.1, -0.05) is 72.8 Å². The SMILES string of the molecule is O=C(NC(Cc1ccccc1)C(=O)NC1CCc2ccccc2C1)c1ccccc1. The van der Waals surface area contributed by atoms with Gasteiger partial charge in [0.05, 0.1) is 0 Å². The molecule has 2 atom stereocenters. The Bertz CT molecular complexity index is 1000. The lowest BCUT2D eigenvalue weighted by Gasteiger charge is -2.28. The smallest absolute Gasteiger partial charge is 0.251 e. The van der Waals surface area contributed by atoms with Gasteiger partial charge in [-0.25, -0.2) is 0 Å². The third-order valence-electron chi connectivity index (χ3n) is 5.63. The van der Waals surface area contributed by atoms with Crippen LogP contribution in [0.2, 0.25) is 0 Å². The van der Waals surface area contributed by atoms with E-state index in [4.69, 9.17) is 0 Å². The van der Waals surface area contributed by atoms with Crippen molar-refractivity contribution in [3.8, 4) is 0 Å². The molecule has 4 rings (SSSR count). The molecule has 1 aliphatic carbocycles. The second-order valence-electron chi connectivity index (χ2n) is 7.80. The standard InChI is InChI=1S/C26H26N2O2/c29-25(21-12-5-2-6-13-21)28-24(17-19-9-3-1-4-10-19)26(30)27-23-16-15-20-11-7-8-14-22(20)18-23/h1-14,23-24H,15-18H2,(H,27,30)(H,28,29). The molecule has 30 heavy (non-hydrogen) atoms. The first-order valence-electron chi connectivity index (χ1n) is 10.5. The van der Waals surface area contributed by atoms with Crippen molar-refractivity contribution < 1.29 is 9.59 Å². The molecule has 4 heteroatoms. The molecule has 0 fully saturated rings. The zero-order valence-electron chi connectivity index (χ0n) is 16.9. The summed E-state index contributed by atoms with van der Waals surface area (Å²) in [6, 6.07) is 26.7. The summed E-state index contributed by atoms with van der Waals surface area (Å²) in [6.45, 7) is 0. The maximum Gasteiger partial charge on any atom is 0.251 e. The zero-order valence-corrected chi connectivity index (χ0v) is 16.9. The van der Waals surface area contributed by atoms with Gasteiger partial charge in [0.2, 0.25) is 5.91 Å². The van der Waals surface area contributed by atoms with Crippen LogP contribution < -0.4 is 10.6 Å². The predicted molar refractivity (Wildman–Crippen MR) is 118 cm³/mol. The number of benzene rings is 3. The minimum absolute atomic E-state index is 0.0827. The normalized spacial score (nSPS) is 16.2. The third kappa shape index (κ3) is 4.95. The van der Waals surface area contributed by atoms with Crippen LogP contribution in [0.3, 0.4) is 0 Å². The van der Waals surface area contributed by atoms with Crippen molar-refractivity contribution in [3.63, 3.8) is 0 Å². The molecule has 4 nitrogen and oxygen atoms in total. The Hall–Kier alpha value is -3.40. The molecular weight excluding hydrogens is 372 g/mol. The van der Waals surface area contributed by atoms with Crippen LogP contribution in [0.4, 0.5) is 0 Å². The van der Waals surface area contributed by atoms with Gasteiger partial charge in [-0.3, -0.25) is 9.59 Å². The van der Waals surface area contributed by atoms with Crippen molar-refractivity contribution in [3.05, 3.63) is 107 Å². The van der Waals surface area contributed by atoms with Crippen molar-refractivity contribution in [2.75, 3.05) is 0 Å². The predicted octanol–water partition coefficient (Wildman–Crippen LogP) is 3.70. The highest BCUT2D eigenvalue weighted by atomic mass is 16.2. The van der Waals surface area contributed by atoms with Crippen LogP contribution >= 0.6 is 0 Å². The molecule has 2 unspecified atom stereocenters. The van der Waals surface area contributed by atoms with Gasteiger partial charge >= 0.3 is 0 Å². The van der Waals surface area contributed by atoms with Crippen molar-refractivity contribution in [2.45, 2.75) is 37.8 Å². The molecule has 0 saturated heterocycles. The van der Waals surface area contributed by atoms with Gasteiger partial charge in [0.1, 0.15) is 6.04 Å². The highest BCUT2D eigenvalue weighted by Gasteiger charge is 2.26. The van der Waals surface area contributed by atoms with Crippen LogP contribution in [0.15, 0.2) is 84.9 Å². The van der Waals surface area contributed by atoms with Gasteiger partial charge in [0.15, 0.2) is 0 Å². The lowest BCUT2D eigenvalue weighted by molar-refractivity contribution is -0.123. The molecule has 0 radical (unpaired) electrons. The van der Waals surface area contributed by atoms with E-state index in [9.17, 15) is 9.59 Å². The topological polar surface area (TPSA) is 58.2 Å². The Morgan fingerprint density at radius 2 is 1.47 bits per heavy atom. The number of hydrogen-bond donors (Lipinski definition) is 2. The summed E-state index contributed by atoms with van der Waals surface area (Å²) in [5.74, 6) is -0.367. The van der Waals surface area contributed by atoms with E-state index in [1.165, 1.54) is 11.1 Å². The van der Waals surface area contributed by atoms with Crippen molar-refractivity contribution in [2.24, 2.45) is 0 Å². The van der Waals surface area contributed by atoms with Crippen molar-refractivity contribution >= 4 is 11.8 Å². The van der Waals surface area contributed by atoms with Gasteiger partial charge in [-0.05, 0) is 48.1 Å². The third-order valence-corrected chi connectivity index (χ3v) is 5.63. The monoisotopic (exact) mass is 398 g/mol. The van der Waals surface area contributed by atoms with Gasteiger partial charge in [0, 0.05) is 18.0 Å². The van der Waals surface area contributed by atoms with Gasteiger partial charge in [-0.2, -0.15) is 0 Å². The summed E-state index contributed by atoms with van der Waals surface area (Å²) >= 11 is 0. The Morgan fingerprint density at radius 3 is 2.20 bits per heavy atom. The number of rotatable bonds is 6. The molecule has 0 heterocycles. The number of amides is 2. The molecule has 0 bridgehead atoms. The number of aryl methyl sites for hydroxylation is 1. The molecular formula is C26H26N2O2. The number of nitrogens with one attached hydrogen (secondary N) is 2. The van der Waals surface area contributed by atoms with E-state index < -0.39 is 6.04 Å². The zero-order chi connectivity index (χ0) is 20.8. The molecule has 2 amide bonds. The second kappa shape index (κ2) is 9.40. The van der Waals surface area contributed by atoms with E-state index in [0.29, 0.717) is 12.0 Å². The average molecular weight is 399 g/mol. The maximum atomic E-state index is 13.2. The number of hydrogen-bond acceptors (Lipinski definition) is 2. The largest absolute Gasteiger partial charge is 0.351 e. The summed E-state index contributed by atoms with van der Waals surface area (Å²) in [5, 5.41) is 6.12. The number of fused-ring (bicyclic) bond motifs is 1. The second-order valence-corrected chi connectivity index (χ2v) is 7.80. The Morgan fingerprint density at radius 1 is 0.833 bits per heavy atom. The quantitative estimate of drug-likeness (QED) is 0.665. The van der Waals surface area contributed by atoms with Crippen LogP contribution in [-0.4, -0.2) is 23.9 Å². The number of carbonyl (C=O) groups is 2. The van der Waals surface area contributed by atoms with E-state index >= 15 is 0 Å². The molecule has 2 N–H and O–H groups in total. The minimum Gasteiger partial charge on any atom is -0.351 e. The van der Waals surface area contributed by atoms with Gasteiger partial charge in [0.25, 0.3) is 5.91 Å². The highest BCUT2D eigenvalue weighted by Crippen LogP contribution is 2.21. The summed E-state index contributed by atoms with van der Waals surface area (Å²) in [4.78, 5) is 25.9. The summed E-state index contributed by atoms with van der Waals surface area (Å²) in [5.41, 5.74) is 4.22. The Kier molecular flexibility index (Phi) is 6.23. The molecule has 152 valence electrons. The Labute approximate surface area is 177 Å². The average Bonchev–Trinajstić information content (AvgIpc) is 2.80.